The Labute approximate surface area is 72.8 Å². The Morgan fingerprint density at radius 1 is 1.69 bits per heavy atom. The van der Waals surface area contributed by atoms with Gasteiger partial charge in [-0.1, -0.05) is 0 Å². The molecule has 2 N–H and O–H groups in total. The number of nitro groups is 1. The number of nitrogens with two attached hydrogens (primary N) is 1. The highest BCUT2D eigenvalue weighted by molar-refractivity contribution is 5.93. The fourth-order valence-corrected chi connectivity index (χ4v) is 0.722. The standard InChI is InChI=1S/C7H6N2O4/c8-7(10)6(9(11)12)4-5-2-1-3-13-5/h1-4H,(H2,8,10). The molecule has 1 aromatic rings. The Balaban J connectivity index is 3.01. The summed E-state index contributed by atoms with van der Waals surface area (Å²) in [4.78, 5) is 19.9. The Morgan fingerprint density at radius 2 is 2.38 bits per heavy atom. The topological polar surface area (TPSA) is 99.4 Å². The average Bonchev–Trinajstić information content (AvgIpc) is 2.50. The van der Waals surface area contributed by atoms with Gasteiger partial charge in [-0.3, -0.25) is 14.9 Å². The normalized spacial score (nSPS) is 11.2. The first-order chi connectivity index (χ1) is 6.11. The van der Waals surface area contributed by atoms with Crippen molar-refractivity contribution in [1.29, 1.82) is 0 Å². The average molecular weight is 182 g/mol. The number of carbonyl (C=O) groups excluding carboxylic acids is 1. The molecule has 13 heavy (non-hydrogen) atoms. The molecule has 0 bridgehead atoms. The van der Waals surface area contributed by atoms with Crippen LogP contribution in [-0.4, -0.2) is 10.8 Å². The molecule has 0 aliphatic rings. The maximum absolute atomic E-state index is 10.5. The third-order valence-corrected chi connectivity index (χ3v) is 1.27. The Bertz CT molecular complexity index is 337. The van der Waals surface area contributed by atoms with Gasteiger partial charge in [0, 0.05) is 0 Å². The van der Waals surface area contributed by atoms with Gasteiger partial charge in [0.05, 0.1) is 17.3 Å². The van der Waals surface area contributed by atoms with E-state index in [0.717, 1.165) is 6.08 Å². The molecule has 0 aromatic carbocycles. The first-order valence-corrected chi connectivity index (χ1v) is 3.30. The number of amides is 1. The summed E-state index contributed by atoms with van der Waals surface area (Å²) in [6.45, 7) is 0. The number of hydrogen-bond donors (Lipinski definition) is 1. The highest BCUT2D eigenvalue weighted by Gasteiger charge is 2.18. The van der Waals surface area contributed by atoms with E-state index in [1.54, 1.807) is 6.07 Å². The summed E-state index contributed by atoms with van der Waals surface area (Å²) in [5.41, 5.74) is 4.06. The third-order valence-electron chi connectivity index (χ3n) is 1.27. The molecule has 0 radical (unpaired) electrons. The van der Waals surface area contributed by atoms with Gasteiger partial charge in [0.1, 0.15) is 5.76 Å². The second-order valence-corrected chi connectivity index (χ2v) is 2.17. The lowest BCUT2D eigenvalue weighted by Crippen LogP contribution is -2.19. The minimum Gasteiger partial charge on any atom is -0.465 e. The van der Waals surface area contributed by atoms with Crippen molar-refractivity contribution in [2.24, 2.45) is 5.73 Å². The Kier molecular flexibility index (Phi) is 2.44. The van der Waals surface area contributed by atoms with Crippen molar-refractivity contribution in [1.82, 2.24) is 0 Å². The SMILES string of the molecule is NC(=O)C(=Cc1ccco1)[N+](=O)[O-]. The molecule has 0 unspecified atom stereocenters. The van der Waals surface area contributed by atoms with E-state index in [0.29, 0.717) is 0 Å². The Morgan fingerprint density at radius 3 is 2.77 bits per heavy atom. The van der Waals surface area contributed by atoms with Gasteiger partial charge in [-0.25, -0.2) is 0 Å². The second kappa shape index (κ2) is 3.53. The molecule has 0 aliphatic heterocycles. The van der Waals surface area contributed by atoms with Crippen LogP contribution in [-0.2, 0) is 4.79 Å². The van der Waals surface area contributed by atoms with Gasteiger partial charge in [0.2, 0.25) is 0 Å². The van der Waals surface area contributed by atoms with E-state index >= 15 is 0 Å². The van der Waals surface area contributed by atoms with Crippen LogP contribution in [0.25, 0.3) is 6.08 Å². The molecule has 0 spiro atoms. The molecular weight excluding hydrogens is 176 g/mol. The van der Waals surface area contributed by atoms with Crippen LogP contribution in [0.5, 0.6) is 0 Å². The van der Waals surface area contributed by atoms with E-state index in [9.17, 15) is 14.9 Å². The molecule has 1 rings (SSSR count). The van der Waals surface area contributed by atoms with Gasteiger partial charge in [0.25, 0.3) is 0 Å². The molecule has 0 saturated carbocycles. The van der Waals surface area contributed by atoms with Crippen LogP contribution >= 0.6 is 0 Å². The fraction of sp³-hybridized carbons (Fsp3) is 0. The number of carbonyl (C=O) groups is 1. The van der Waals surface area contributed by atoms with E-state index in [4.69, 9.17) is 10.2 Å². The molecule has 0 atom stereocenters. The summed E-state index contributed by atoms with van der Waals surface area (Å²) in [7, 11) is 0. The van der Waals surface area contributed by atoms with Crippen molar-refractivity contribution >= 4 is 12.0 Å². The van der Waals surface area contributed by atoms with Crippen molar-refractivity contribution in [3.63, 3.8) is 0 Å². The quantitative estimate of drug-likeness (QED) is 0.415. The zero-order chi connectivity index (χ0) is 9.84. The highest BCUT2D eigenvalue weighted by Crippen LogP contribution is 2.07. The molecule has 1 heterocycles. The molecule has 1 amide bonds. The van der Waals surface area contributed by atoms with Gasteiger partial charge in [-0.05, 0) is 12.1 Å². The minimum absolute atomic E-state index is 0.213. The summed E-state index contributed by atoms with van der Waals surface area (Å²) in [5.74, 6) is -0.883. The van der Waals surface area contributed by atoms with Crippen LogP contribution < -0.4 is 5.73 Å². The van der Waals surface area contributed by atoms with Gasteiger partial charge >= 0.3 is 11.6 Å². The highest BCUT2D eigenvalue weighted by atomic mass is 16.6. The number of nitrogens with zero attached hydrogens (tertiary/aromatic N) is 1. The van der Waals surface area contributed by atoms with Crippen LogP contribution in [0.15, 0.2) is 28.5 Å². The summed E-state index contributed by atoms with van der Waals surface area (Å²) in [5, 5.41) is 10.3. The summed E-state index contributed by atoms with van der Waals surface area (Å²) >= 11 is 0. The van der Waals surface area contributed by atoms with E-state index in [1.807, 2.05) is 0 Å². The number of furan rings is 1. The van der Waals surface area contributed by atoms with Crippen LogP contribution in [0.4, 0.5) is 0 Å². The van der Waals surface area contributed by atoms with Crippen LogP contribution in [0.2, 0.25) is 0 Å². The lowest BCUT2D eigenvalue weighted by atomic mass is 10.3. The van der Waals surface area contributed by atoms with Crippen molar-refractivity contribution in [3.8, 4) is 0 Å². The maximum Gasteiger partial charge on any atom is 0.336 e. The lowest BCUT2D eigenvalue weighted by molar-refractivity contribution is -0.417. The van der Waals surface area contributed by atoms with E-state index in [2.05, 4.69) is 0 Å². The molecular formula is C7H6N2O4. The van der Waals surface area contributed by atoms with Gasteiger partial charge in [-0.2, -0.15) is 0 Å². The molecule has 0 fully saturated rings. The number of rotatable bonds is 3. The van der Waals surface area contributed by atoms with Crippen molar-refractivity contribution in [2.45, 2.75) is 0 Å². The van der Waals surface area contributed by atoms with Crippen molar-refractivity contribution in [3.05, 3.63) is 40.0 Å². The first kappa shape index (κ1) is 8.98. The van der Waals surface area contributed by atoms with Gasteiger partial charge in [0.15, 0.2) is 0 Å². The largest absolute Gasteiger partial charge is 0.465 e. The first-order valence-electron chi connectivity index (χ1n) is 3.30. The second-order valence-electron chi connectivity index (χ2n) is 2.17. The van der Waals surface area contributed by atoms with E-state index < -0.39 is 16.5 Å². The number of primary amides is 1. The summed E-state index contributed by atoms with van der Waals surface area (Å²) in [6.07, 6.45) is 2.31. The zero-order valence-electron chi connectivity index (χ0n) is 6.47. The smallest absolute Gasteiger partial charge is 0.336 e. The van der Waals surface area contributed by atoms with Crippen LogP contribution in [0.3, 0.4) is 0 Å². The summed E-state index contributed by atoms with van der Waals surface area (Å²) in [6, 6.07) is 3.02. The predicted molar refractivity (Wildman–Crippen MR) is 42.9 cm³/mol. The third kappa shape index (κ3) is 2.16. The summed E-state index contributed by atoms with van der Waals surface area (Å²) < 4.78 is 4.78. The minimum atomic E-state index is -1.10. The molecule has 6 nitrogen and oxygen atoms in total. The molecule has 6 heteroatoms. The fourth-order valence-electron chi connectivity index (χ4n) is 0.722. The number of hydrogen-bond acceptors (Lipinski definition) is 4. The van der Waals surface area contributed by atoms with Gasteiger partial charge < -0.3 is 10.2 Å². The van der Waals surface area contributed by atoms with Gasteiger partial charge in [-0.15, -0.1) is 0 Å². The van der Waals surface area contributed by atoms with E-state index in [-0.39, 0.29) is 5.76 Å². The van der Waals surface area contributed by atoms with Crippen LogP contribution in [0, 0.1) is 10.1 Å². The predicted octanol–water partition coefficient (Wildman–Crippen LogP) is 0.383. The molecule has 0 saturated heterocycles. The lowest BCUT2D eigenvalue weighted by Gasteiger charge is -1.90. The monoisotopic (exact) mass is 182 g/mol. The molecule has 0 aliphatic carbocycles. The molecule has 1 aromatic heterocycles. The van der Waals surface area contributed by atoms with Crippen molar-refractivity contribution in [2.75, 3.05) is 0 Å². The Hall–Kier alpha value is -2.11. The van der Waals surface area contributed by atoms with Crippen molar-refractivity contribution < 1.29 is 14.1 Å². The van der Waals surface area contributed by atoms with E-state index in [1.165, 1.54) is 12.3 Å². The molecule has 68 valence electrons. The maximum atomic E-state index is 10.5. The zero-order valence-corrected chi connectivity index (χ0v) is 6.47. The van der Waals surface area contributed by atoms with Crippen LogP contribution in [0.1, 0.15) is 5.76 Å².